The van der Waals surface area contributed by atoms with Crippen LogP contribution in [0.4, 0.5) is 17.6 Å². The van der Waals surface area contributed by atoms with Crippen LogP contribution in [0.25, 0.3) is 0 Å². The SMILES string of the molecule is CCc1cccc(CC(C[C@@H](O)[C@@H](N)Cc2cc(F)cc(F)c2)C(=O)CNC(=O)c2c(F)cccc2F)c1. The van der Waals surface area contributed by atoms with E-state index in [1.807, 2.05) is 31.2 Å². The Morgan fingerprint density at radius 3 is 2.11 bits per heavy atom. The van der Waals surface area contributed by atoms with Crippen LogP contribution in [0.2, 0.25) is 0 Å². The number of hydrogen-bond donors (Lipinski definition) is 3. The summed E-state index contributed by atoms with van der Waals surface area (Å²) in [5.41, 5.74) is 7.44. The van der Waals surface area contributed by atoms with Crippen LogP contribution in [-0.2, 0) is 24.1 Å². The number of halogens is 4. The van der Waals surface area contributed by atoms with Crippen LogP contribution in [-0.4, -0.2) is 35.5 Å². The summed E-state index contributed by atoms with van der Waals surface area (Å²) in [6.07, 6.45) is -0.364. The summed E-state index contributed by atoms with van der Waals surface area (Å²) in [5.74, 6) is -6.01. The minimum absolute atomic E-state index is 0.0363. The summed E-state index contributed by atoms with van der Waals surface area (Å²) in [6, 6.07) is 12.6. The molecule has 3 aromatic carbocycles. The van der Waals surface area contributed by atoms with Crippen molar-refractivity contribution in [2.75, 3.05) is 6.54 Å². The lowest BCUT2D eigenvalue weighted by Gasteiger charge is -2.24. The summed E-state index contributed by atoms with van der Waals surface area (Å²) in [7, 11) is 0. The van der Waals surface area contributed by atoms with Gasteiger partial charge in [0.05, 0.1) is 12.6 Å². The number of Topliss-reactive ketones (excluding diaryl/α,β-unsaturated/α-hetero) is 1. The molecule has 0 aliphatic rings. The van der Waals surface area contributed by atoms with Crippen molar-refractivity contribution in [1.29, 1.82) is 0 Å². The molecule has 1 unspecified atom stereocenters. The molecular weight excluding hydrogens is 500 g/mol. The van der Waals surface area contributed by atoms with Crippen LogP contribution in [0, 0.1) is 29.2 Å². The molecule has 0 bridgehead atoms. The number of aliphatic hydroxyl groups excluding tert-OH is 1. The summed E-state index contributed by atoms with van der Waals surface area (Å²) < 4.78 is 55.0. The number of hydrogen-bond acceptors (Lipinski definition) is 4. The summed E-state index contributed by atoms with van der Waals surface area (Å²) >= 11 is 0. The van der Waals surface area contributed by atoms with Crippen LogP contribution < -0.4 is 11.1 Å². The van der Waals surface area contributed by atoms with Gasteiger partial charge in [-0.25, -0.2) is 17.6 Å². The van der Waals surface area contributed by atoms with Gasteiger partial charge in [0, 0.05) is 18.0 Å². The Hall–Kier alpha value is -3.56. The summed E-state index contributed by atoms with van der Waals surface area (Å²) in [6.45, 7) is 1.46. The van der Waals surface area contributed by atoms with E-state index in [2.05, 4.69) is 5.32 Å². The number of aryl methyl sites for hydroxylation is 1. The molecule has 3 aromatic rings. The van der Waals surface area contributed by atoms with Crippen LogP contribution in [0.15, 0.2) is 60.7 Å². The van der Waals surface area contributed by atoms with Crippen molar-refractivity contribution in [3.63, 3.8) is 0 Å². The molecule has 0 spiro atoms. The molecule has 0 aliphatic carbocycles. The maximum Gasteiger partial charge on any atom is 0.257 e. The number of nitrogens with one attached hydrogen (secondary N) is 1. The Labute approximate surface area is 218 Å². The molecule has 3 atom stereocenters. The lowest BCUT2D eigenvalue weighted by Crippen LogP contribution is -2.41. The van der Waals surface area contributed by atoms with E-state index in [1.165, 1.54) is 0 Å². The minimum Gasteiger partial charge on any atom is -0.391 e. The van der Waals surface area contributed by atoms with Crippen molar-refractivity contribution in [1.82, 2.24) is 5.32 Å². The second kappa shape index (κ2) is 13.3. The predicted octanol–water partition coefficient (Wildman–Crippen LogP) is 4.28. The van der Waals surface area contributed by atoms with E-state index in [0.717, 1.165) is 53.9 Å². The fourth-order valence-corrected chi connectivity index (χ4v) is 4.31. The number of amides is 1. The number of aliphatic hydroxyl groups is 1. The third-order valence-electron chi connectivity index (χ3n) is 6.36. The highest BCUT2D eigenvalue weighted by atomic mass is 19.1. The van der Waals surface area contributed by atoms with Crippen LogP contribution in [0.1, 0.15) is 40.4 Å². The first-order valence-corrected chi connectivity index (χ1v) is 12.3. The number of rotatable bonds is 12. The van der Waals surface area contributed by atoms with Crippen molar-refractivity contribution in [3.05, 3.63) is 106 Å². The molecule has 0 fully saturated rings. The number of benzene rings is 3. The molecule has 38 heavy (non-hydrogen) atoms. The predicted molar refractivity (Wildman–Crippen MR) is 135 cm³/mol. The van der Waals surface area contributed by atoms with E-state index in [-0.39, 0.29) is 24.8 Å². The van der Waals surface area contributed by atoms with Gasteiger partial charge in [-0.15, -0.1) is 0 Å². The molecule has 0 radical (unpaired) electrons. The van der Waals surface area contributed by atoms with Gasteiger partial charge in [0.1, 0.15) is 28.8 Å². The first kappa shape index (κ1) is 29.0. The molecule has 0 aliphatic heterocycles. The standard InChI is InChI=1S/C29H30F4N2O3/c1-2-17-5-3-6-18(9-17)10-20(14-26(36)25(34)13-19-11-21(30)15-22(31)12-19)27(37)16-35-29(38)28-23(32)7-4-8-24(28)33/h3-9,11-12,15,20,25-26,36H,2,10,13-14,16,34H2,1H3,(H,35,38)/t20?,25-,26+/m0/s1. The average molecular weight is 531 g/mol. The number of nitrogens with two attached hydrogens (primary N) is 1. The zero-order valence-electron chi connectivity index (χ0n) is 20.9. The van der Waals surface area contributed by atoms with Gasteiger partial charge in [0.15, 0.2) is 5.78 Å². The molecular formula is C29H30F4N2O3. The maximum absolute atomic E-state index is 14.0. The molecule has 0 saturated carbocycles. The topological polar surface area (TPSA) is 92.4 Å². The minimum atomic E-state index is -1.22. The van der Waals surface area contributed by atoms with Crippen molar-refractivity contribution >= 4 is 11.7 Å². The molecule has 0 aromatic heterocycles. The summed E-state index contributed by atoms with van der Waals surface area (Å²) in [5, 5.41) is 13.1. The van der Waals surface area contributed by atoms with Gasteiger partial charge < -0.3 is 16.2 Å². The zero-order valence-corrected chi connectivity index (χ0v) is 20.9. The van der Waals surface area contributed by atoms with Gasteiger partial charge in [-0.3, -0.25) is 9.59 Å². The van der Waals surface area contributed by atoms with Gasteiger partial charge in [-0.1, -0.05) is 37.3 Å². The molecule has 9 heteroatoms. The summed E-state index contributed by atoms with van der Waals surface area (Å²) in [4.78, 5) is 25.5. The highest BCUT2D eigenvalue weighted by Gasteiger charge is 2.27. The van der Waals surface area contributed by atoms with E-state index in [4.69, 9.17) is 5.73 Å². The maximum atomic E-state index is 14.0. The van der Waals surface area contributed by atoms with E-state index < -0.39 is 65.1 Å². The van der Waals surface area contributed by atoms with E-state index >= 15 is 0 Å². The second-order valence-corrected chi connectivity index (χ2v) is 9.27. The quantitative estimate of drug-likeness (QED) is 0.305. The molecule has 5 nitrogen and oxygen atoms in total. The second-order valence-electron chi connectivity index (χ2n) is 9.27. The fraction of sp³-hybridized carbons (Fsp3) is 0.310. The Bertz CT molecular complexity index is 1240. The van der Waals surface area contributed by atoms with Gasteiger partial charge in [-0.2, -0.15) is 0 Å². The van der Waals surface area contributed by atoms with E-state index in [1.54, 1.807) is 0 Å². The van der Waals surface area contributed by atoms with E-state index in [9.17, 15) is 32.3 Å². The van der Waals surface area contributed by atoms with Gasteiger partial charge in [-0.05, 0) is 66.6 Å². The fourth-order valence-electron chi connectivity index (χ4n) is 4.31. The number of ketones is 1. The van der Waals surface area contributed by atoms with Crippen molar-refractivity contribution in [3.8, 4) is 0 Å². The Morgan fingerprint density at radius 1 is 0.868 bits per heavy atom. The average Bonchev–Trinajstić information content (AvgIpc) is 2.86. The molecule has 3 rings (SSSR count). The Balaban J connectivity index is 1.74. The van der Waals surface area contributed by atoms with Crippen molar-refractivity contribution in [2.45, 2.75) is 44.8 Å². The molecule has 202 valence electrons. The van der Waals surface area contributed by atoms with Crippen LogP contribution in [0.5, 0.6) is 0 Å². The first-order valence-electron chi connectivity index (χ1n) is 12.3. The highest BCUT2D eigenvalue weighted by molar-refractivity contribution is 5.97. The van der Waals surface area contributed by atoms with Crippen molar-refractivity contribution in [2.24, 2.45) is 11.7 Å². The molecule has 0 heterocycles. The van der Waals surface area contributed by atoms with E-state index in [0.29, 0.717) is 0 Å². The molecule has 4 N–H and O–H groups in total. The lowest BCUT2D eigenvalue weighted by atomic mass is 9.86. The first-order chi connectivity index (χ1) is 18.1. The number of carbonyl (C=O) groups is 2. The van der Waals surface area contributed by atoms with Crippen molar-refractivity contribution < 1.29 is 32.3 Å². The van der Waals surface area contributed by atoms with Gasteiger partial charge in [0.2, 0.25) is 0 Å². The molecule has 0 saturated heterocycles. The highest BCUT2D eigenvalue weighted by Crippen LogP contribution is 2.20. The largest absolute Gasteiger partial charge is 0.391 e. The van der Waals surface area contributed by atoms with Crippen LogP contribution >= 0.6 is 0 Å². The Kier molecular flexibility index (Phi) is 10.2. The van der Waals surface area contributed by atoms with Gasteiger partial charge in [0.25, 0.3) is 5.91 Å². The normalized spacial score (nSPS) is 13.6. The lowest BCUT2D eigenvalue weighted by molar-refractivity contribution is -0.123. The monoisotopic (exact) mass is 530 g/mol. The van der Waals surface area contributed by atoms with Crippen LogP contribution in [0.3, 0.4) is 0 Å². The zero-order chi connectivity index (χ0) is 27.8. The third-order valence-corrected chi connectivity index (χ3v) is 6.36. The third kappa shape index (κ3) is 7.97. The smallest absolute Gasteiger partial charge is 0.257 e. The molecule has 1 amide bonds. The Morgan fingerprint density at radius 2 is 1.47 bits per heavy atom. The van der Waals surface area contributed by atoms with Gasteiger partial charge >= 0.3 is 0 Å². The number of carbonyl (C=O) groups excluding carboxylic acids is 2.